The Bertz CT molecular complexity index is 396. The van der Waals surface area contributed by atoms with Gasteiger partial charge in [0.15, 0.2) is 0 Å². The first-order chi connectivity index (χ1) is 9.04. The normalized spacial score (nSPS) is 12.2. The monoisotopic (exact) mass is 299 g/mol. The molecule has 1 atom stereocenters. The van der Waals surface area contributed by atoms with Gasteiger partial charge in [-0.3, -0.25) is 4.67 Å². The van der Waals surface area contributed by atoms with E-state index in [1.807, 2.05) is 12.1 Å². The van der Waals surface area contributed by atoms with Gasteiger partial charge >= 0.3 is 0 Å². The van der Waals surface area contributed by atoms with E-state index >= 15 is 0 Å². The minimum Gasteiger partial charge on any atom is -0.497 e. The number of benzene rings is 1. The molecule has 0 amide bonds. The Kier molecular flexibility index (Phi) is 8.84. The van der Waals surface area contributed by atoms with Gasteiger partial charge in [0, 0.05) is 26.0 Å². The van der Waals surface area contributed by atoms with Crippen molar-refractivity contribution in [2.45, 2.75) is 40.3 Å². The van der Waals surface area contributed by atoms with Gasteiger partial charge in [0.05, 0.1) is 14.2 Å². The Labute approximate surface area is 126 Å². The summed E-state index contributed by atoms with van der Waals surface area (Å²) in [5.74, 6) is 1.78. The molecule has 1 aromatic rings. The Hall–Kier alpha value is -0.790. The van der Waals surface area contributed by atoms with Crippen LogP contribution in [0.1, 0.15) is 34.6 Å². The second kappa shape index (κ2) is 9.20. The van der Waals surface area contributed by atoms with Gasteiger partial charge in [0.25, 0.3) is 0 Å². The lowest BCUT2D eigenvalue weighted by Gasteiger charge is -2.32. The fraction of sp³-hybridized carbons (Fsp3) is 0.625. The van der Waals surface area contributed by atoms with Crippen molar-refractivity contribution >= 4 is 13.4 Å². The summed E-state index contributed by atoms with van der Waals surface area (Å²) in [6.45, 7) is 7.89. The summed E-state index contributed by atoms with van der Waals surface area (Å²) in [5, 5.41) is 1.30. The molecule has 1 unspecified atom stereocenters. The van der Waals surface area contributed by atoms with E-state index in [1.165, 1.54) is 11.7 Å². The number of hydrogen-bond donors (Lipinski definition) is 0. The first-order valence-corrected chi connectivity index (χ1v) is 8.13. The third-order valence-electron chi connectivity index (χ3n) is 3.04. The first kappa shape index (κ1) is 19.2. The molecule has 4 heteroatoms. The molecule has 0 aliphatic rings. The zero-order valence-electron chi connectivity index (χ0n) is 12.9. The van der Waals surface area contributed by atoms with Crippen molar-refractivity contribution in [2.75, 3.05) is 27.8 Å². The molecule has 116 valence electrons. The van der Waals surface area contributed by atoms with Gasteiger partial charge in [0.2, 0.25) is 0 Å². The van der Waals surface area contributed by atoms with Crippen LogP contribution >= 0.6 is 8.07 Å². The summed E-state index contributed by atoms with van der Waals surface area (Å²) in [7, 11) is 5.25. The molecule has 3 nitrogen and oxygen atoms in total. The van der Waals surface area contributed by atoms with E-state index in [0.717, 1.165) is 18.0 Å². The molecule has 0 aliphatic heterocycles. The smallest absolute Gasteiger partial charge is 0.131 e. The van der Waals surface area contributed by atoms with Crippen LogP contribution in [0.15, 0.2) is 18.2 Å². The average Bonchev–Trinajstić information content (AvgIpc) is 2.39. The van der Waals surface area contributed by atoms with Gasteiger partial charge in [-0.05, 0) is 31.3 Å². The predicted molar refractivity (Wildman–Crippen MR) is 90.9 cm³/mol. The molecule has 0 N–H and O–H groups in total. The molecular weight excluding hydrogens is 269 g/mol. The topological polar surface area (TPSA) is 21.7 Å². The minimum atomic E-state index is -0.373. The zero-order chi connectivity index (χ0) is 14.4. The van der Waals surface area contributed by atoms with E-state index in [4.69, 9.17) is 9.47 Å². The third-order valence-corrected chi connectivity index (χ3v) is 5.81. The summed E-state index contributed by atoms with van der Waals surface area (Å²) in [5.41, 5.74) is 0.592. The molecule has 1 aromatic carbocycles. The van der Waals surface area contributed by atoms with E-state index in [-0.39, 0.29) is 15.5 Å². The van der Waals surface area contributed by atoms with Crippen molar-refractivity contribution in [1.82, 2.24) is 4.67 Å². The molecule has 1 rings (SSSR count). The third kappa shape index (κ3) is 4.64. The number of rotatable bonds is 7. The van der Waals surface area contributed by atoms with Gasteiger partial charge in [-0.2, -0.15) is 0 Å². The van der Waals surface area contributed by atoms with E-state index in [0.29, 0.717) is 5.66 Å². The highest BCUT2D eigenvalue weighted by Crippen LogP contribution is 2.46. The molecule has 0 radical (unpaired) electrons. The van der Waals surface area contributed by atoms with Crippen molar-refractivity contribution < 1.29 is 9.47 Å². The van der Waals surface area contributed by atoms with Crippen LogP contribution in [0.2, 0.25) is 0 Å². The highest BCUT2D eigenvalue weighted by atomic mass is 31.1. The van der Waals surface area contributed by atoms with Crippen LogP contribution < -0.4 is 14.8 Å². The lowest BCUT2D eigenvalue weighted by atomic mass is 10.3. The van der Waals surface area contributed by atoms with Crippen LogP contribution in [0.25, 0.3) is 0 Å². The lowest BCUT2D eigenvalue weighted by molar-refractivity contribution is 0.396. The van der Waals surface area contributed by atoms with Crippen molar-refractivity contribution in [3.05, 3.63) is 18.2 Å². The Morgan fingerprint density at radius 3 is 2.30 bits per heavy atom. The van der Waals surface area contributed by atoms with Crippen LogP contribution in [0.5, 0.6) is 11.5 Å². The molecule has 0 bridgehead atoms. The zero-order valence-corrected chi connectivity index (χ0v) is 13.8. The fourth-order valence-electron chi connectivity index (χ4n) is 2.26. The van der Waals surface area contributed by atoms with Crippen LogP contribution in [0.4, 0.5) is 0 Å². The first-order valence-electron chi connectivity index (χ1n) is 6.77. The van der Waals surface area contributed by atoms with Gasteiger partial charge in [-0.25, -0.2) is 0 Å². The highest BCUT2D eigenvalue weighted by molar-refractivity contribution is 7.64. The molecule has 0 aromatic heterocycles. The molecule has 0 fully saturated rings. The number of ether oxygens (including phenoxy) is 2. The lowest BCUT2D eigenvalue weighted by Crippen LogP contribution is -2.25. The number of methoxy groups -OCH3 is 2. The Balaban J connectivity index is 0.00000361. The van der Waals surface area contributed by atoms with Crippen LogP contribution in [-0.4, -0.2) is 38.1 Å². The van der Waals surface area contributed by atoms with Crippen LogP contribution in [0.3, 0.4) is 0 Å². The van der Waals surface area contributed by atoms with E-state index < -0.39 is 0 Å². The molecule has 0 spiro atoms. The van der Waals surface area contributed by atoms with Gasteiger partial charge in [0.1, 0.15) is 11.5 Å². The minimum absolute atomic E-state index is 0. The molecule has 0 aliphatic carbocycles. The highest BCUT2D eigenvalue weighted by Gasteiger charge is 2.23. The Morgan fingerprint density at radius 2 is 1.85 bits per heavy atom. The summed E-state index contributed by atoms with van der Waals surface area (Å²) < 4.78 is 13.3. The largest absolute Gasteiger partial charge is 0.497 e. The molecule has 0 heterocycles. The van der Waals surface area contributed by atoms with Crippen LogP contribution in [0, 0.1) is 0 Å². The maximum Gasteiger partial charge on any atom is 0.131 e. The summed E-state index contributed by atoms with van der Waals surface area (Å²) >= 11 is 0. The van der Waals surface area contributed by atoms with E-state index in [2.05, 4.69) is 38.6 Å². The quantitative estimate of drug-likeness (QED) is 0.707. The van der Waals surface area contributed by atoms with Crippen molar-refractivity contribution in [1.29, 1.82) is 0 Å². The standard InChI is InChI=1S/C15H26NO2P.CH4/c1-7-10-16(4)19(12(2)3)15-9-8-13(17-5)11-14(15)18-6;/h8-9,11-12H,7,10H2,1-6H3;1H4. The number of hydrogen-bond acceptors (Lipinski definition) is 3. The average molecular weight is 299 g/mol. The Morgan fingerprint density at radius 1 is 1.20 bits per heavy atom. The molecule has 20 heavy (non-hydrogen) atoms. The van der Waals surface area contributed by atoms with Crippen molar-refractivity contribution in [2.24, 2.45) is 0 Å². The number of nitrogens with zero attached hydrogens (tertiary/aromatic N) is 1. The summed E-state index contributed by atoms with van der Waals surface area (Å²) in [4.78, 5) is 0. The fourth-order valence-corrected chi connectivity index (χ4v) is 5.00. The maximum atomic E-state index is 5.56. The summed E-state index contributed by atoms with van der Waals surface area (Å²) in [6.07, 6.45) is 1.17. The maximum absolute atomic E-state index is 5.56. The second-order valence-corrected chi connectivity index (χ2v) is 7.74. The SMILES string of the molecule is C.CCCN(C)P(c1ccc(OC)cc1OC)C(C)C. The molecule has 0 saturated heterocycles. The van der Waals surface area contributed by atoms with Gasteiger partial charge < -0.3 is 9.47 Å². The second-order valence-electron chi connectivity index (χ2n) is 4.86. The van der Waals surface area contributed by atoms with Crippen molar-refractivity contribution in [3.8, 4) is 11.5 Å². The van der Waals surface area contributed by atoms with E-state index in [9.17, 15) is 0 Å². The predicted octanol–water partition coefficient (Wildman–Crippen LogP) is 4.11. The van der Waals surface area contributed by atoms with Gasteiger partial charge in [-0.15, -0.1) is 0 Å². The van der Waals surface area contributed by atoms with E-state index in [1.54, 1.807) is 14.2 Å². The summed E-state index contributed by atoms with van der Waals surface area (Å²) in [6, 6.07) is 6.15. The van der Waals surface area contributed by atoms with Crippen LogP contribution in [-0.2, 0) is 0 Å². The molecule has 0 saturated carbocycles. The van der Waals surface area contributed by atoms with Crippen molar-refractivity contribution in [3.63, 3.8) is 0 Å². The van der Waals surface area contributed by atoms with Gasteiger partial charge in [-0.1, -0.05) is 28.2 Å². The molecular formula is C16H30NO2P.